The van der Waals surface area contributed by atoms with Crippen LogP contribution in [-0.2, 0) is 9.59 Å². The van der Waals surface area contributed by atoms with Gasteiger partial charge in [0.1, 0.15) is 17.3 Å². The lowest BCUT2D eigenvalue weighted by Crippen LogP contribution is -2.36. The van der Waals surface area contributed by atoms with Crippen LogP contribution in [0.15, 0.2) is 72.8 Å². The van der Waals surface area contributed by atoms with Crippen molar-refractivity contribution in [3.05, 3.63) is 89.3 Å². The van der Waals surface area contributed by atoms with Crippen LogP contribution in [0, 0.1) is 5.82 Å². The van der Waals surface area contributed by atoms with Gasteiger partial charge in [-0.05, 0) is 72.8 Å². The van der Waals surface area contributed by atoms with Gasteiger partial charge in [-0.15, -0.1) is 0 Å². The molecule has 0 unspecified atom stereocenters. The first-order chi connectivity index (χ1) is 16.3. The highest BCUT2D eigenvalue weighted by molar-refractivity contribution is 6.42. The summed E-state index contributed by atoms with van der Waals surface area (Å²) in [5.41, 5.74) is 3.67. The molecule has 0 atom stereocenters. The zero-order chi connectivity index (χ0) is 24.2. The van der Waals surface area contributed by atoms with E-state index in [2.05, 4.69) is 16.1 Å². The van der Waals surface area contributed by atoms with Crippen LogP contribution < -0.4 is 20.8 Å². The maximum absolute atomic E-state index is 13.2. The second kappa shape index (κ2) is 9.63. The predicted octanol–water partition coefficient (Wildman–Crippen LogP) is 4.40. The van der Waals surface area contributed by atoms with Crippen molar-refractivity contribution in [1.29, 1.82) is 0 Å². The first-order valence-corrected chi connectivity index (χ1v) is 10.4. The van der Waals surface area contributed by atoms with Crippen molar-refractivity contribution < 1.29 is 23.5 Å². The third kappa shape index (κ3) is 5.00. The van der Waals surface area contributed by atoms with Gasteiger partial charge in [0.05, 0.1) is 12.6 Å². The van der Waals surface area contributed by atoms with Crippen LogP contribution in [0.1, 0.15) is 10.5 Å². The number of rotatable bonds is 5. The number of halogens is 2. The Balaban J connectivity index is 1.59. The molecule has 34 heavy (non-hydrogen) atoms. The number of methoxy groups -OCH3 is 1. The van der Waals surface area contributed by atoms with Crippen molar-refractivity contribution in [3.8, 4) is 5.75 Å². The van der Waals surface area contributed by atoms with Crippen LogP contribution in [0.2, 0.25) is 5.02 Å². The molecule has 0 saturated carbocycles. The van der Waals surface area contributed by atoms with Crippen molar-refractivity contribution in [1.82, 2.24) is 4.68 Å². The normalized spacial score (nSPS) is 10.6. The highest BCUT2D eigenvalue weighted by Gasteiger charge is 2.21. The molecule has 1 heterocycles. The lowest BCUT2D eigenvalue weighted by molar-refractivity contribution is -0.133. The van der Waals surface area contributed by atoms with E-state index in [1.54, 1.807) is 42.5 Å². The van der Waals surface area contributed by atoms with Gasteiger partial charge in [-0.2, -0.15) is 0 Å². The summed E-state index contributed by atoms with van der Waals surface area (Å²) in [4.78, 5) is 38.1. The molecule has 4 rings (SSSR count). The topological polar surface area (TPSA) is 101 Å². The van der Waals surface area contributed by atoms with Crippen LogP contribution in [0.25, 0.3) is 10.9 Å². The molecule has 1 aromatic heterocycles. The van der Waals surface area contributed by atoms with Gasteiger partial charge in [0.15, 0.2) is 0 Å². The summed E-state index contributed by atoms with van der Waals surface area (Å²) in [5.74, 6) is -2.38. The quantitative estimate of drug-likeness (QED) is 0.368. The average molecular weight is 481 g/mol. The summed E-state index contributed by atoms with van der Waals surface area (Å²) in [6.07, 6.45) is 0. The zero-order valence-electron chi connectivity index (χ0n) is 17.8. The summed E-state index contributed by atoms with van der Waals surface area (Å²) < 4.78 is 19.4. The molecule has 3 N–H and O–H groups in total. The lowest BCUT2D eigenvalue weighted by Gasteiger charge is -2.13. The molecule has 0 aliphatic heterocycles. The fourth-order valence-corrected chi connectivity index (χ4v) is 3.40. The Labute approximate surface area is 198 Å². The Morgan fingerprint density at radius 2 is 1.50 bits per heavy atom. The lowest BCUT2D eigenvalue weighted by atomic mass is 10.2. The van der Waals surface area contributed by atoms with Crippen LogP contribution >= 0.6 is 11.6 Å². The largest absolute Gasteiger partial charge is 0.497 e. The predicted molar refractivity (Wildman–Crippen MR) is 127 cm³/mol. The van der Waals surface area contributed by atoms with Gasteiger partial charge < -0.3 is 15.4 Å². The first kappa shape index (κ1) is 22.8. The molecule has 0 spiro atoms. The van der Waals surface area contributed by atoms with E-state index >= 15 is 0 Å². The molecular formula is C24H18ClFN4O4. The van der Waals surface area contributed by atoms with Gasteiger partial charge in [0.25, 0.3) is 5.91 Å². The zero-order valence-corrected chi connectivity index (χ0v) is 18.5. The summed E-state index contributed by atoms with van der Waals surface area (Å²) >= 11 is 6.07. The van der Waals surface area contributed by atoms with Gasteiger partial charge in [0.2, 0.25) is 0 Å². The number of hydrogen-bond donors (Lipinski definition) is 3. The summed E-state index contributed by atoms with van der Waals surface area (Å²) in [5, 5.41) is 6.10. The average Bonchev–Trinajstić information content (AvgIpc) is 3.18. The number of ether oxygens (including phenoxy) is 1. The number of benzene rings is 3. The van der Waals surface area contributed by atoms with Gasteiger partial charge in [-0.1, -0.05) is 11.6 Å². The Morgan fingerprint density at radius 3 is 2.18 bits per heavy atom. The van der Waals surface area contributed by atoms with Crippen molar-refractivity contribution in [3.63, 3.8) is 0 Å². The maximum Gasteiger partial charge on any atom is 0.328 e. The number of nitrogens with zero attached hydrogens (tertiary/aromatic N) is 1. The van der Waals surface area contributed by atoms with Gasteiger partial charge >= 0.3 is 11.8 Å². The smallest absolute Gasteiger partial charge is 0.328 e. The third-order valence-corrected chi connectivity index (χ3v) is 5.10. The number of anilines is 2. The SMILES string of the molecule is COc1ccc(NC(=O)C(=O)Nn2c(C(=O)Nc3ccc(F)cc3)cc3cc(Cl)ccc32)cc1. The second-order valence-corrected chi connectivity index (χ2v) is 7.59. The van der Waals surface area contributed by atoms with E-state index < -0.39 is 23.5 Å². The van der Waals surface area contributed by atoms with Crippen molar-refractivity contribution in [2.24, 2.45) is 0 Å². The van der Waals surface area contributed by atoms with E-state index in [1.165, 1.54) is 42.1 Å². The molecule has 4 aromatic rings. The van der Waals surface area contributed by atoms with Crippen LogP contribution in [-0.4, -0.2) is 29.5 Å². The number of hydrogen-bond acceptors (Lipinski definition) is 4. The number of aromatic nitrogens is 1. The maximum atomic E-state index is 13.2. The number of fused-ring (bicyclic) bond motifs is 1. The number of amides is 3. The minimum absolute atomic E-state index is 0.0344. The van der Waals surface area contributed by atoms with Crippen molar-refractivity contribution in [2.75, 3.05) is 23.2 Å². The Hall–Kier alpha value is -4.37. The molecule has 0 aliphatic rings. The number of carbonyl (C=O) groups is 3. The molecule has 0 saturated heterocycles. The molecular weight excluding hydrogens is 463 g/mol. The molecule has 3 amide bonds. The van der Waals surface area contributed by atoms with E-state index in [0.29, 0.717) is 33.0 Å². The number of nitrogens with one attached hydrogen (secondary N) is 3. The Bertz CT molecular complexity index is 1380. The molecule has 0 fully saturated rings. The van der Waals surface area contributed by atoms with Crippen molar-refractivity contribution in [2.45, 2.75) is 0 Å². The molecule has 0 aliphatic carbocycles. The fourth-order valence-electron chi connectivity index (χ4n) is 3.22. The fraction of sp³-hybridized carbons (Fsp3) is 0.0417. The highest BCUT2D eigenvalue weighted by Crippen LogP contribution is 2.24. The summed E-state index contributed by atoms with van der Waals surface area (Å²) in [6, 6.07) is 18.0. The first-order valence-electron chi connectivity index (χ1n) is 9.98. The summed E-state index contributed by atoms with van der Waals surface area (Å²) in [6.45, 7) is 0. The summed E-state index contributed by atoms with van der Waals surface area (Å²) in [7, 11) is 1.51. The van der Waals surface area contributed by atoms with Gasteiger partial charge in [-0.25, -0.2) is 9.07 Å². The minimum atomic E-state index is -1.00. The Kier molecular flexibility index (Phi) is 6.46. The molecule has 8 nitrogen and oxygen atoms in total. The van der Waals surface area contributed by atoms with E-state index in [9.17, 15) is 18.8 Å². The third-order valence-electron chi connectivity index (χ3n) is 4.87. The van der Waals surface area contributed by atoms with Gasteiger partial charge in [0, 0.05) is 21.8 Å². The Morgan fingerprint density at radius 1 is 0.853 bits per heavy atom. The van der Waals surface area contributed by atoms with Crippen LogP contribution in [0.4, 0.5) is 15.8 Å². The monoisotopic (exact) mass is 480 g/mol. The number of carbonyl (C=O) groups excluding carboxylic acids is 3. The minimum Gasteiger partial charge on any atom is -0.497 e. The molecule has 3 aromatic carbocycles. The van der Waals surface area contributed by atoms with Crippen LogP contribution in [0.3, 0.4) is 0 Å². The standard InChI is InChI=1S/C24H18ClFN4O4/c1-34-19-9-7-18(8-10-19)28-23(32)24(33)29-30-20-11-2-15(25)12-14(20)13-21(30)22(31)27-17-5-3-16(26)4-6-17/h2-13H,1H3,(H,27,31)(H,28,32)(H,29,33). The molecule has 172 valence electrons. The van der Waals surface area contributed by atoms with E-state index in [4.69, 9.17) is 16.3 Å². The molecule has 0 bridgehead atoms. The van der Waals surface area contributed by atoms with E-state index in [-0.39, 0.29) is 5.69 Å². The van der Waals surface area contributed by atoms with Crippen LogP contribution in [0.5, 0.6) is 5.75 Å². The van der Waals surface area contributed by atoms with E-state index in [1.807, 2.05) is 0 Å². The van der Waals surface area contributed by atoms with Crippen molar-refractivity contribution >= 4 is 51.6 Å². The van der Waals surface area contributed by atoms with Gasteiger partial charge in [-0.3, -0.25) is 19.8 Å². The highest BCUT2D eigenvalue weighted by atomic mass is 35.5. The second-order valence-electron chi connectivity index (χ2n) is 7.15. The molecule has 10 heteroatoms. The molecule has 0 radical (unpaired) electrons. The van der Waals surface area contributed by atoms with E-state index in [0.717, 1.165) is 0 Å².